The predicted octanol–water partition coefficient (Wildman–Crippen LogP) is 4.04. The maximum atomic E-state index is 12.9. The summed E-state index contributed by atoms with van der Waals surface area (Å²) in [6.45, 7) is 1.06. The third-order valence-corrected chi connectivity index (χ3v) is 7.09. The molecular weight excluding hydrogens is 420 g/mol. The van der Waals surface area contributed by atoms with Gasteiger partial charge in [-0.2, -0.15) is 4.31 Å². The molecule has 0 saturated carbocycles. The zero-order valence-electron chi connectivity index (χ0n) is 16.7. The van der Waals surface area contributed by atoms with E-state index in [1.807, 2.05) is 30.3 Å². The molecule has 0 atom stereocenters. The van der Waals surface area contributed by atoms with Crippen molar-refractivity contribution in [2.24, 2.45) is 0 Å². The molecule has 0 spiro atoms. The van der Waals surface area contributed by atoms with Crippen molar-refractivity contribution >= 4 is 21.4 Å². The molecule has 1 aliphatic rings. The topological polar surface area (TPSA) is 119 Å². The number of rotatable bonds is 7. The van der Waals surface area contributed by atoms with Crippen LogP contribution in [0.1, 0.15) is 25.0 Å². The summed E-state index contributed by atoms with van der Waals surface area (Å²) < 4.78 is 32.4. The molecule has 1 fully saturated rings. The van der Waals surface area contributed by atoms with Crippen LogP contribution >= 0.6 is 0 Å². The molecule has 9 nitrogen and oxygen atoms in total. The molecule has 0 unspecified atom stereocenters. The van der Waals surface area contributed by atoms with Crippen LogP contribution < -0.4 is 5.32 Å². The third kappa shape index (κ3) is 4.59. The van der Waals surface area contributed by atoms with Crippen LogP contribution in [0, 0.1) is 10.1 Å². The number of hydrogen-bond donors (Lipinski definition) is 1. The Bertz CT molecular complexity index is 1170. The Kier molecular flexibility index (Phi) is 6.01. The molecular formula is C21H22N4O5S. The van der Waals surface area contributed by atoms with Gasteiger partial charge in [-0.25, -0.2) is 8.42 Å². The summed E-state index contributed by atoms with van der Waals surface area (Å²) in [7, 11) is -3.76. The Morgan fingerprint density at radius 1 is 1.06 bits per heavy atom. The first-order valence-corrected chi connectivity index (χ1v) is 11.4. The van der Waals surface area contributed by atoms with Crippen molar-refractivity contribution < 1.29 is 17.9 Å². The summed E-state index contributed by atoms with van der Waals surface area (Å²) in [4.78, 5) is 10.9. The summed E-state index contributed by atoms with van der Waals surface area (Å²) in [5.74, 6) is 0.592. The van der Waals surface area contributed by atoms with E-state index in [4.69, 9.17) is 4.52 Å². The number of nitrogens with zero attached hydrogens (tertiary/aromatic N) is 3. The van der Waals surface area contributed by atoms with Gasteiger partial charge in [-0.1, -0.05) is 41.9 Å². The zero-order valence-corrected chi connectivity index (χ0v) is 17.5. The molecule has 0 aliphatic carbocycles. The number of aromatic nitrogens is 1. The summed E-state index contributed by atoms with van der Waals surface area (Å²) in [5.41, 5.74) is 1.36. The van der Waals surface area contributed by atoms with Crippen LogP contribution in [0.5, 0.6) is 0 Å². The van der Waals surface area contributed by atoms with E-state index in [0.717, 1.165) is 30.9 Å². The second kappa shape index (κ2) is 8.86. The van der Waals surface area contributed by atoms with Crippen molar-refractivity contribution in [3.8, 4) is 11.3 Å². The van der Waals surface area contributed by atoms with Gasteiger partial charge < -0.3 is 9.84 Å². The molecule has 1 saturated heterocycles. The van der Waals surface area contributed by atoms with E-state index in [1.54, 1.807) is 6.07 Å². The van der Waals surface area contributed by atoms with Crippen molar-refractivity contribution in [2.75, 3.05) is 18.4 Å². The number of piperidine rings is 1. The van der Waals surface area contributed by atoms with Gasteiger partial charge in [0.15, 0.2) is 5.76 Å². The van der Waals surface area contributed by atoms with Crippen molar-refractivity contribution in [1.82, 2.24) is 9.46 Å². The van der Waals surface area contributed by atoms with Crippen molar-refractivity contribution in [1.29, 1.82) is 0 Å². The number of nitrogens with one attached hydrogen (secondary N) is 1. The van der Waals surface area contributed by atoms with Crippen LogP contribution in [0.4, 0.5) is 11.4 Å². The SMILES string of the molecule is O=[N+]([O-])c1cc(S(=O)(=O)N2CCCCC2)ccc1NCc1cc(-c2ccccc2)on1. The highest BCUT2D eigenvalue weighted by molar-refractivity contribution is 7.89. The number of nitro benzene ring substituents is 1. The average molecular weight is 442 g/mol. The van der Waals surface area contributed by atoms with Gasteiger partial charge in [0.1, 0.15) is 11.4 Å². The first-order chi connectivity index (χ1) is 14.9. The molecule has 0 radical (unpaired) electrons. The second-order valence-corrected chi connectivity index (χ2v) is 9.24. The Morgan fingerprint density at radius 3 is 2.52 bits per heavy atom. The second-order valence-electron chi connectivity index (χ2n) is 7.30. The number of hydrogen-bond acceptors (Lipinski definition) is 7. The van der Waals surface area contributed by atoms with E-state index in [-0.39, 0.29) is 22.8 Å². The fourth-order valence-corrected chi connectivity index (χ4v) is 5.08. The number of sulfonamides is 1. The minimum absolute atomic E-state index is 0.0700. The minimum Gasteiger partial charge on any atom is -0.374 e. The van der Waals surface area contributed by atoms with Crippen LogP contribution in [-0.4, -0.2) is 35.9 Å². The van der Waals surface area contributed by atoms with Crippen molar-refractivity contribution in [2.45, 2.75) is 30.7 Å². The Morgan fingerprint density at radius 2 is 1.81 bits per heavy atom. The summed E-state index contributed by atoms with van der Waals surface area (Å²) >= 11 is 0. The van der Waals surface area contributed by atoms with E-state index in [9.17, 15) is 18.5 Å². The fraction of sp³-hybridized carbons (Fsp3) is 0.286. The highest BCUT2D eigenvalue weighted by Gasteiger charge is 2.28. The van der Waals surface area contributed by atoms with E-state index in [0.29, 0.717) is 24.5 Å². The van der Waals surface area contributed by atoms with Crippen molar-refractivity contribution in [3.63, 3.8) is 0 Å². The molecule has 162 valence electrons. The van der Waals surface area contributed by atoms with E-state index >= 15 is 0 Å². The van der Waals surface area contributed by atoms with Gasteiger partial charge in [0.05, 0.1) is 16.4 Å². The largest absolute Gasteiger partial charge is 0.374 e. The molecule has 0 amide bonds. The van der Waals surface area contributed by atoms with Gasteiger partial charge in [0, 0.05) is 30.8 Å². The lowest BCUT2D eigenvalue weighted by atomic mass is 10.1. The summed E-state index contributed by atoms with van der Waals surface area (Å²) in [5, 5.41) is 18.6. The lowest BCUT2D eigenvalue weighted by Crippen LogP contribution is -2.35. The zero-order chi connectivity index (χ0) is 21.8. The van der Waals surface area contributed by atoms with E-state index in [2.05, 4.69) is 10.5 Å². The van der Waals surface area contributed by atoms with Crippen LogP contribution in [0.15, 0.2) is 64.0 Å². The number of nitro groups is 1. The standard InChI is InChI=1S/C21H22N4O5S/c26-25(27)20-14-18(31(28,29)24-11-5-2-6-12-24)9-10-19(20)22-15-17-13-21(30-23-17)16-7-3-1-4-8-16/h1,3-4,7-10,13-14,22H,2,5-6,11-12,15H2. The molecule has 4 rings (SSSR count). The molecule has 1 N–H and O–H groups in total. The smallest absolute Gasteiger partial charge is 0.293 e. The van der Waals surface area contributed by atoms with Gasteiger partial charge in [-0.15, -0.1) is 0 Å². The Hall–Kier alpha value is -3.24. The van der Waals surface area contributed by atoms with Gasteiger partial charge in [0.25, 0.3) is 5.69 Å². The van der Waals surface area contributed by atoms with Crippen LogP contribution in [0.3, 0.4) is 0 Å². The van der Waals surface area contributed by atoms with Crippen LogP contribution in [0.25, 0.3) is 11.3 Å². The minimum atomic E-state index is -3.76. The van der Waals surface area contributed by atoms with Crippen LogP contribution in [0.2, 0.25) is 0 Å². The highest BCUT2D eigenvalue weighted by atomic mass is 32.2. The Balaban J connectivity index is 1.52. The predicted molar refractivity (Wildman–Crippen MR) is 115 cm³/mol. The quantitative estimate of drug-likeness (QED) is 0.433. The van der Waals surface area contributed by atoms with E-state index in [1.165, 1.54) is 16.4 Å². The molecule has 1 aromatic heterocycles. The summed E-state index contributed by atoms with van der Waals surface area (Å²) in [6.07, 6.45) is 2.58. The molecule has 2 heterocycles. The molecule has 31 heavy (non-hydrogen) atoms. The highest BCUT2D eigenvalue weighted by Crippen LogP contribution is 2.30. The lowest BCUT2D eigenvalue weighted by molar-refractivity contribution is -0.384. The molecule has 3 aromatic rings. The first kappa shape index (κ1) is 21.0. The maximum absolute atomic E-state index is 12.9. The maximum Gasteiger partial charge on any atom is 0.293 e. The Labute approximate surface area is 179 Å². The number of anilines is 1. The third-order valence-electron chi connectivity index (χ3n) is 5.20. The monoisotopic (exact) mass is 442 g/mol. The van der Waals surface area contributed by atoms with Gasteiger partial charge in [-0.3, -0.25) is 10.1 Å². The normalized spacial score (nSPS) is 15.0. The fourth-order valence-electron chi connectivity index (χ4n) is 3.55. The summed E-state index contributed by atoms with van der Waals surface area (Å²) in [6, 6.07) is 15.2. The first-order valence-electron chi connectivity index (χ1n) is 9.98. The number of benzene rings is 2. The van der Waals surface area contributed by atoms with Gasteiger partial charge in [0.2, 0.25) is 10.0 Å². The molecule has 10 heteroatoms. The van der Waals surface area contributed by atoms with Gasteiger partial charge in [-0.05, 0) is 25.0 Å². The molecule has 0 bridgehead atoms. The van der Waals surface area contributed by atoms with E-state index < -0.39 is 14.9 Å². The van der Waals surface area contributed by atoms with Crippen LogP contribution in [-0.2, 0) is 16.6 Å². The van der Waals surface area contributed by atoms with Crippen molar-refractivity contribution in [3.05, 3.63) is 70.4 Å². The molecule has 1 aliphatic heterocycles. The van der Waals surface area contributed by atoms with Gasteiger partial charge >= 0.3 is 0 Å². The average Bonchev–Trinajstić information content (AvgIpc) is 3.28. The lowest BCUT2D eigenvalue weighted by Gasteiger charge is -2.25. The molecule has 2 aromatic carbocycles.